The van der Waals surface area contributed by atoms with Crippen LogP contribution in [0.5, 0.6) is 0 Å². The molecule has 0 radical (unpaired) electrons. The minimum atomic E-state index is -3.38. The fourth-order valence-corrected chi connectivity index (χ4v) is 3.80. The van der Waals surface area contributed by atoms with Crippen LogP contribution in [0.15, 0.2) is 0 Å². The van der Waals surface area contributed by atoms with Crippen molar-refractivity contribution in [1.82, 2.24) is 8.61 Å². The smallest absolute Gasteiger partial charge is 0.282 e. The molecular weight excluding hydrogens is 252 g/mol. The zero-order valence-corrected chi connectivity index (χ0v) is 12.7. The first-order chi connectivity index (χ1) is 8.25. The molecule has 1 rings (SSSR count). The van der Waals surface area contributed by atoms with Gasteiger partial charge < -0.3 is 5.11 Å². The molecule has 0 bridgehead atoms. The summed E-state index contributed by atoms with van der Waals surface area (Å²) in [6.45, 7) is 7.04. The highest BCUT2D eigenvalue weighted by molar-refractivity contribution is 7.86. The topological polar surface area (TPSA) is 60.9 Å². The molecule has 0 aliphatic carbocycles. The van der Waals surface area contributed by atoms with E-state index < -0.39 is 10.2 Å². The number of hydrogen-bond acceptors (Lipinski definition) is 3. The van der Waals surface area contributed by atoms with Gasteiger partial charge in [-0.3, -0.25) is 0 Å². The lowest BCUT2D eigenvalue weighted by Crippen LogP contribution is -2.53. The van der Waals surface area contributed by atoms with E-state index in [1.807, 2.05) is 20.8 Å². The van der Waals surface area contributed by atoms with Crippen molar-refractivity contribution in [3.05, 3.63) is 0 Å². The molecule has 18 heavy (non-hydrogen) atoms. The summed E-state index contributed by atoms with van der Waals surface area (Å²) in [6, 6.07) is 0. The van der Waals surface area contributed by atoms with E-state index in [0.717, 1.165) is 19.3 Å². The first-order valence-electron chi connectivity index (χ1n) is 6.60. The molecule has 108 valence electrons. The molecule has 1 heterocycles. The molecule has 0 saturated carbocycles. The summed E-state index contributed by atoms with van der Waals surface area (Å²) in [5.74, 6) is 0.251. The highest BCUT2D eigenvalue weighted by Gasteiger charge is 2.37. The Morgan fingerprint density at radius 2 is 1.83 bits per heavy atom. The molecule has 6 heteroatoms. The van der Waals surface area contributed by atoms with E-state index in [4.69, 9.17) is 5.11 Å². The van der Waals surface area contributed by atoms with Gasteiger partial charge in [-0.25, -0.2) is 0 Å². The second-order valence-corrected chi connectivity index (χ2v) is 7.63. The Morgan fingerprint density at radius 3 is 2.22 bits per heavy atom. The molecule has 0 unspecified atom stereocenters. The van der Waals surface area contributed by atoms with E-state index in [2.05, 4.69) is 0 Å². The van der Waals surface area contributed by atoms with Crippen LogP contribution < -0.4 is 0 Å². The Hall–Kier alpha value is -0.170. The maximum atomic E-state index is 12.5. The predicted octanol–water partition coefficient (Wildman–Crippen LogP) is 1.06. The fraction of sp³-hybridized carbons (Fsp3) is 1.00. The summed E-state index contributed by atoms with van der Waals surface area (Å²) in [5, 5.41) is 9.08. The minimum absolute atomic E-state index is 0.157. The fourth-order valence-electron chi connectivity index (χ4n) is 2.03. The van der Waals surface area contributed by atoms with Crippen molar-refractivity contribution >= 4 is 10.2 Å². The summed E-state index contributed by atoms with van der Waals surface area (Å²) in [6.07, 6.45) is 2.27. The lowest BCUT2D eigenvalue weighted by molar-refractivity contribution is 0.160. The van der Waals surface area contributed by atoms with E-state index >= 15 is 0 Å². The van der Waals surface area contributed by atoms with Gasteiger partial charge in [0.05, 0.1) is 0 Å². The van der Waals surface area contributed by atoms with Crippen molar-refractivity contribution in [3.8, 4) is 0 Å². The first-order valence-corrected chi connectivity index (χ1v) is 8.00. The molecule has 0 amide bonds. The number of piperidine rings is 1. The van der Waals surface area contributed by atoms with Gasteiger partial charge in [0, 0.05) is 32.3 Å². The van der Waals surface area contributed by atoms with Crippen LogP contribution in [0, 0.1) is 5.92 Å². The summed E-state index contributed by atoms with van der Waals surface area (Å²) in [5.41, 5.74) is -0.368. The zero-order valence-electron chi connectivity index (χ0n) is 11.9. The third kappa shape index (κ3) is 3.23. The molecule has 0 atom stereocenters. The molecular formula is C12H26N2O3S. The summed E-state index contributed by atoms with van der Waals surface area (Å²) >= 11 is 0. The van der Waals surface area contributed by atoms with Gasteiger partial charge in [-0.05, 0) is 39.0 Å². The number of rotatable bonds is 5. The Kier molecular flexibility index (Phi) is 5.17. The Balaban J connectivity index is 2.76. The third-order valence-electron chi connectivity index (χ3n) is 4.22. The minimum Gasteiger partial charge on any atom is -0.396 e. The molecule has 0 aromatic rings. The van der Waals surface area contributed by atoms with E-state index in [0.29, 0.717) is 13.1 Å². The monoisotopic (exact) mass is 278 g/mol. The van der Waals surface area contributed by atoms with Crippen molar-refractivity contribution in [3.63, 3.8) is 0 Å². The zero-order chi connectivity index (χ0) is 14.0. The van der Waals surface area contributed by atoms with Crippen LogP contribution in [0.4, 0.5) is 0 Å². The molecule has 1 aliphatic rings. The standard InChI is InChI=1S/C12H26N2O3S/c1-5-12(2,3)13(4)18(16,17)14-8-6-11(10-15)7-9-14/h11,15H,5-10H2,1-4H3. The largest absolute Gasteiger partial charge is 0.396 e. The highest BCUT2D eigenvalue weighted by Crippen LogP contribution is 2.26. The average molecular weight is 278 g/mol. The molecule has 0 aromatic carbocycles. The van der Waals surface area contributed by atoms with Crippen molar-refractivity contribution in [2.24, 2.45) is 5.92 Å². The second-order valence-electron chi connectivity index (χ2n) is 5.67. The summed E-state index contributed by atoms with van der Waals surface area (Å²) in [4.78, 5) is 0. The highest BCUT2D eigenvalue weighted by atomic mass is 32.2. The molecule has 1 N–H and O–H groups in total. The maximum absolute atomic E-state index is 12.5. The van der Waals surface area contributed by atoms with E-state index in [1.54, 1.807) is 7.05 Å². The van der Waals surface area contributed by atoms with Gasteiger partial charge >= 0.3 is 0 Å². The van der Waals surface area contributed by atoms with Gasteiger partial charge in [0.1, 0.15) is 0 Å². The molecule has 1 saturated heterocycles. The molecule has 5 nitrogen and oxygen atoms in total. The molecule has 0 aromatic heterocycles. The number of aliphatic hydroxyl groups is 1. The predicted molar refractivity (Wildman–Crippen MR) is 72.4 cm³/mol. The van der Waals surface area contributed by atoms with Crippen molar-refractivity contribution in [2.45, 2.75) is 45.6 Å². The quantitative estimate of drug-likeness (QED) is 0.818. The van der Waals surface area contributed by atoms with Gasteiger partial charge in [-0.1, -0.05) is 6.92 Å². The lowest BCUT2D eigenvalue weighted by atomic mass is 10.00. The summed E-state index contributed by atoms with van der Waals surface area (Å²) < 4.78 is 28.0. The van der Waals surface area contributed by atoms with Crippen molar-refractivity contribution < 1.29 is 13.5 Å². The molecule has 0 spiro atoms. The van der Waals surface area contributed by atoms with E-state index in [1.165, 1.54) is 8.61 Å². The van der Waals surface area contributed by atoms with Gasteiger partial charge in [0.15, 0.2) is 0 Å². The van der Waals surface area contributed by atoms with Crippen LogP contribution >= 0.6 is 0 Å². The normalized spacial score (nSPS) is 20.6. The molecule has 1 aliphatic heterocycles. The van der Waals surface area contributed by atoms with Crippen LogP contribution in [0.2, 0.25) is 0 Å². The average Bonchev–Trinajstić information content (AvgIpc) is 2.37. The SMILES string of the molecule is CCC(C)(C)N(C)S(=O)(=O)N1CCC(CO)CC1. The van der Waals surface area contributed by atoms with Crippen LogP contribution in [0.1, 0.15) is 40.0 Å². The van der Waals surface area contributed by atoms with Gasteiger partial charge in [0.25, 0.3) is 10.2 Å². The Morgan fingerprint density at radius 1 is 1.33 bits per heavy atom. The van der Waals surface area contributed by atoms with Crippen LogP contribution in [0.3, 0.4) is 0 Å². The van der Waals surface area contributed by atoms with Crippen LogP contribution in [-0.4, -0.2) is 54.4 Å². The van der Waals surface area contributed by atoms with E-state index in [-0.39, 0.29) is 18.1 Å². The number of aliphatic hydroxyl groups excluding tert-OH is 1. The lowest BCUT2D eigenvalue weighted by Gasteiger charge is -2.39. The Bertz CT molecular complexity index is 360. The summed E-state index contributed by atoms with van der Waals surface area (Å²) in [7, 11) is -1.73. The first kappa shape index (κ1) is 15.9. The van der Waals surface area contributed by atoms with Gasteiger partial charge in [-0.15, -0.1) is 0 Å². The van der Waals surface area contributed by atoms with Crippen LogP contribution in [-0.2, 0) is 10.2 Å². The van der Waals surface area contributed by atoms with Crippen molar-refractivity contribution in [2.75, 3.05) is 26.7 Å². The Labute approximate surface area is 111 Å². The number of nitrogens with zero attached hydrogens (tertiary/aromatic N) is 2. The van der Waals surface area contributed by atoms with Gasteiger partial charge in [0.2, 0.25) is 0 Å². The van der Waals surface area contributed by atoms with Gasteiger partial charge in [-0.2, -0.15) is 17.0 Å². The van der Waals surface area contributed by atoms with Crippen molar-refractivity contribution in [1.29, 1.82) is 0 Å². The third-order valence-corrected chi connectivity index (χ3v) is 6.43. The molecule has 1 fully saturated rings. The maximum Gasteiger partial charge on any atom is 0.282 e. The number of hydrogen-bond donors (Lipinski definition) is 1. The second kappa shape index (κ2) is 5.86. The van der Waals surface area contributed by atoms with E-state index in [9.17, 15) is 8.42 Å². The van der Waals surface area contributed by atoms with Crippen LogP contribution in [0.25, 0.3) is 0 Å².